The lowest BCUT2D eigenvalue weighted by molar-refractivity contribution is 0.452. The molecule has 10 heteroatoms. The maximum atomic E-state index is 5.90. The third-order valence-corrected chi connectivity index (χ3v) is 6.43. The summed E-state index contributed by atoms with van der Waals surface area (Å²) >= 11 is 6.87. The minimum absolute atomic E-state index is 0.315. The van der Waals surface area contributed by atoms with Crippen LogP contribution in [-0.2, 0) is 12.8 Å². The molecule has 0 radical (unpaired) electrons. The molecule has 0 saturated carbocycles. The van der Waals surface area contributed by atoms with E-state index in [0.717, 1.165) is 31.6 Å². The van der Waals surface area contributed by atoms with Crippen LogP contribution in [0.25, 0.3) is 45.9 Å². The first kappa shape index (κ1) is 22.7. The van der Waals surface area contributed by atoms with E-state index in [2.05, 4.69) is 52.3 Å². The van der Waals surface area contributed by atoms with Crippen LogP contribution in [0.5, 0.6) is 0 Å². The second kappa shape index (κ2) is 9.71. The van der Waals surface area contributed by atoms with E-state index in [1.54, 1.807) is 0 Å². The molecule has 2 aromatic carbocycles. The standard InChI is InChI=1S/C26H16Br2N4O4/c27-17-5-1-15(2-6-17)19-9-11-21(33-19)25-31-29-23(35-25)13-14-24-30-32-26(36-24)22-12-10-20(34-22)16-3-7-18(28)8-4-16/h1-12H,13-14H2. The predicted molar refractivity (Wildman–Crippen MR) is 138 cm³/mol. The first-order chi connectivity index (χ1) is 17.6. The fourth-order valence-electron chi connectivity index (χ4n) is 3.57. The molecule has 0 bridgehead atoms. The average Bonchev–Trinajstić information content (AvgIpc) is 3.70. The highest BCUT2D eigenvalue weighted by atomic mass is 79.9. The Morgan fingerprint density at radius 2 is 0.833 bits per heavy atom. The summed E-state index contributed by atoms with van der Waals surface area (Å²) in [7, 11) is 0. The van der Waals surface area contributed by atoms with Gasteiger partial charge in [-0.15, -0.1) is 20.4 Å². The van der Waals surface area contributed by atoms with Crippen molar-refractivity contribution < 1.29 is 17.7 Å². The lowest BCUT2D eigenvalue weighted by Crippen LogP contribution is -1.91. The van der Waals surface area contributed by atoms with Gasteiger partial charge in [-0.2, -0.15) is 0 Å². The lowest BCUT2D eigenvalue weighted by atomic mass is 10.2. The molecule has 178 valence electrons. The first-order valence-corrected chi connectivity index (χ1v) is 12.6. The Kier molecular flexibility index (Phi) is 6.12. The molecule has 0 fully saturated rings. The van der Waals surface area contributed by atoms with Gasteiger partial charge in [-0.05, 0) is 48.5 Å². The Morgan fingerprint density at radius 1 is 0.444 bits per heavy atom. The Morgan fingerprint density at radius 3 is 1.25 bits per heavy atom. The number of aryl methyl sites for hydroxylation is 2. The number of halogens is 2. The number of hydrogen-bond donors (Lipinski definition) is 0. The molecule has 0 aliphatic heterocycles. The minimum atomic E-state index is 0.315. The van der Waals surface area contributed by atoms with E-state index in [4.69, 9.17) is 17.7 Å². The summed E-state index contributed by atoms with van der Waals surface area (Å²) in [6.45, 7) is 0. The highest BCUT2D eigenvalue weighted by Gasteiger charge is 2.17. The molecule has 0 atom stereocenters. The maximum Gasteiger partial charge on any atom is 0.283 e. The minimum Gasteiger partial charge on any atom is -0.451 e. The summed E-state index contributed by atoms with van der Waals surface area (Å²) in [6.07, 6.45) is 0.883. The molecular weight excluding hydrogens is 592 g/mol. The van der Waals surface area contributed by atoms with Crippen LogP contribution in [0.1, 0.15) is 11.8 Å². The van der Waals surface area contributed by atoms with Crippen LogP contribution >= 0.6 is 31.9 Å². The lowest BCUT2D eigenvalue weighted by Gasteiger charge is -1.96. The molecule has 0 N–H and O–H groups in total. The van der Waals surface area contributed by atoms with E-state index in [-0.39, 0.29) is 0 Å². The van der Waals surface area contributed by atoms with Crippen LogP contribution in [0.4, 0.5) is 0 Å². The zero-order valence-electron chi connectivity index (χ0n) is 18.5. The molecule has 8 nitrogen and oxygen atoms in total. The molecule has 0 saturated heterocycles. The van der Waals surface area contributed by atoms with Crippen molar-refractivity contribution in [2.45, 2.75) is 12.8 Å². The summed E-state index contributed by atoms with van der Waals surface area (Å²) in [6, 6.07) is 23.1. The average molecular weight is 608 g/mol. The predicted octanol–water partition coefficient (Wildman–Crippen LogP) is 7.62. The maximum absolute atomic E-state index is 5.90. The molecule has 0 unspecified atom stereocenters. The normalized spacial score (nSPS) is 11.3. The third kappa shape index (κ3) is 4.82. The van der Waals surface area contributed by atoms with E-state index in [1.165, 1.54) is 0 Å². The molecule has 0 aliphatic rings. The van der Waals surface area contributed by atoms with Crippen molar-refractivity contribution in [3.05, 3.63) is 93.5 Å². The number of nitrogens with zero attached hydrogens (tertiary/aromatic N) is 4. The van der Waals surface area contributed by atoms with Gasteiger partial charge in [-0.1, -0.05) is 56.1 Å². The molecule has 6 aromatic rings. The van der Waals surface area contributed by atoms with Crippen molar-refractivity contribution in [3.8, 4) is 45.9 Å². The monoisotopic (exact) mass is 606 g/mol. The van der Waals surface area contributed by atoms with Gasteiger partial charge in [0.2, 0.25) is 11.8 Å². The van der Waals surface area contributed by atoms with Crippen molar-refractivity contribution in [2.24, 2.45) is 0 Å². The Labute approximate surface area is 221 Å². The van der Waals surface area contributed by atoms with Gasteiger partial charge in [0.25, 0.3) is 11.8 Å². The van der Waals surface area contributed by atoms with Gasteiger partial charge in [0, 0.05) is 32.9 Å². The van der Waals surface area contributed by atoms with Gasteiger partial charge < -0.3 is 17.7 Å². The van der Waals surface area contributed by atoms with Crippen LogP contribution < -0.4 is 0 Å². The fraction of sp³-hybridized carbons (Fsp3) is 0.0769. The zero-order chi connectivity index (χ0) is 24.5. The van der Waals surface area contributed by atoms with E-state index < -0.39 is 0 Å². The fourth-order valence-corrected chi connectivity index (χ4v) is 4.10. The summed E-state index contributed by atoms with van der Waals surface area (Å²) in [5, 5.41) is 16.4. The number of furan rings is 2. The van der Waals surface area contributed by atoms with Crippen molar-refractivity contribution in [2.75, 3.05) is 0 Å². The molecule has 4 aromatic heterocycles. The first-order valence-electron chi connectivity index (χ1n) is 11.0. The van der Waals surface area contributed by atoms with Gasteiger partial charge in [0.1, 0.15) is 11.5 Å². The van der Waals surface area contributed by atoms with Gasteiger partial charge in [-0.25, -0.2) is 0 Å². The van der Waals surface area contributed by atoms with E-state index >= 15 is 0 Å². The van der Waals surface area contributed by atoms with Gasteiger partial charge in [-0.3, -0.25) is 0 Å². The zero-order valence-corrected chi connectivity index (χ0v) is 21.7. The van der Waals surface area contributed by atoms with E-state index in [1.807, 2.05) is 72.8 Å². The molecule has 36 heavy (non-hydrogen) atoms. The van der Waals surface area contributed by atoms with Gasteiger partial charge in [0.05, 0.1) is 0 Å². The van der Waals surface area contributed by atoms with Crippen molar-refractivity contribution in [3.63, 3.8) is 0 Å². The van der Waals surface area contributed by atoms with Crippen LogP contribution in [0.15, 0.2) is 99.4 Å². The van der Waals surface area contributed by atoms with E-state index in [9.17, 15) is 0 Å². The van der Waals surface area contributed by atoms with Crippen molar-refractivity contribution in [1.82, 2.24) is 20.4 Å². The molecule has 0 amide bonds. The van der Waals surface area contributed by atoms with Gasteiger partial charge >= 0.3 is 0 Å². The summed E-state index contributed by atoms with van der Waals surface area (Å²) in [4.78, 5) is 0. The summed E-state index contributed by atoms with van der Waals surface area (Å²) < 4.78 is 25.4. The number of aromatic nitrogens is 4. The number of benzene rings is 2. The van der Waals surface area contributed by atoms with E-state index in [0.29, 0.717) is 47.9 Å². The largest absolute Gasteiger partial charge is 0.451 e. The molecule has 6 rings (SSSR count). The van der Waals surface area contributed by atoms with Crippen LogP contribution in [0.2, 0.25) is 0 Å². The highest BCUT2D eigenvalue weighted by Crippen LogP contribution is 2.30. The van der Waals surface area contributed by atoms with Crippen LogP contribution in [-0.4, -0.2) is 20.4 Å². The quantitative estimate of drug-likeness (QED) is 0.182. The number of rotatable bonds is 7. The second-order valence-electron chi connectivity index (χ2n) is 7.84. The topological polar surface area (TPSA) is 104 Å². The van der Waals surface area contributed by atoms with Crippen molar-refractivity contribution in [1.29, 1.82) is 0 Å². The number of hydrogen-bond acceptors (Lipinski definition) is 8. The van der Waals surface area contributed by atoms with Crippen molar-refractivity contribution >= 4 is 31.9 Å². The van der Waals surface area contributed by atoms with Crippen LogP contribution in [0.3, 0.4) is 0 Å². The summed E-state index contributed by atoms with van der Waals surface area (Å²) in [5.74, 6) is 3.97. The molecule has 0 aliphatic carbocycles. The Hall–Kier alpha value is -3.76. The second-order valence-corrected chi connectivity index (χ2v) is 9.67. The third-order valence-electron chi connectivity index (χ3n) is 5.38. The Balaban J connectivity index is 1.10. The SMILES string of the molecule is Brc1ccc(-c2ccc(-c3nnc(CCc4nnc(-c5ccc(-c6ccc(Br)cc6)o5)o4)o3)o2)cc1. The molecular formula is C26H16Br2N4O4. The highest BCUT2D eigenvalue weighted by molar-refractivity contribution is 9.10. The van der Waals surface area contributed by atoms with Crippen LogP contribution in [0, 0.1) is 0 Å². The smallest absolute Gasteiger partial charge is 0.283 e. The van der Waals surface area contributed by atoms with Gasteiger partial charge in [0.15, 0.2) is 11.5 Å². The summed E-state index contributed by atoms with van der Waals surface area (Å²) in [5.41, 5.74) is 1.91. The Bertz CT molecular complexity index is 1490. The molecule has 0 spiro atoms. The molecule has 4 heterocycles.